The second kappa shape index (κ2) is 17.9. The number of halogens is 5. The first-order valence-electron chi connectivity index (χ1n) is 21.6. The van der Waals surface area contributed by atoms with Crippen LogP contribution in [0.3, 0.4) is 0 Å². The highest BCUT2D eigenvalue weighted by molar-refractivity contribution is 6.50. The third-order valence-electron chi connectivity index (χ3n) is 12.6. The van der Waals surface area contributed by atoms with Crippen LogP contribution >= 0.6 is 11.6 Å². The largest absolute Gasteiger partial charge is 0.586 e. The number of aromatic nitrogens is 2. The Labute approximate surface area is 372 Å². The first kappa shape index (κ1) is 45.2. The van der Waals surface area contributed by atoms with Gasteiger partial charge in [-0.05, 0) is 142 Å². The fourth-order valence-electron chi connectivity index (χ4n) is 8.58. The summed E-state index contributed by atoms with van der Waals surface area (Å²) >= 11 is 5.97. The highest BCUT2D eigenvalue weighted by Gasteiger charge is 2.54. The number of anilines is 2. The molecule has 2 aromatic heterocycles. The van der Waals surface area contributed by atoms with Crippen molar-refractivity contribution in [3.8, 4) is 23.0 Å². The number of rotatable bonds is 8. The van der Waals surface area contributed by atoms with Crippen LogP contribution < -0.4 is 29.6 Å². The van der Waals surface area contributed by atoms with E-state index in [0.717, 1.165) is 54.4 Å². The number of nitrogens with zero attached hydrogens (tertiary/aromatic N) is 2. The number of aryl methyl sites for hydroxylation is 2. The van der Waals surface area contributed by atoms with Crippen molar-refractivity contribution in [1.29, 1.82) is 0 Å². The highest BCUT2D eigenvalue weighted by Crippen LogP contribution is 2.54. The van der Waals surface area contributed by atoms with Gasteiger partial charge in [0.1, 0.15) is 16.8 Å². The van der Waals surface area contributed by atoms with Crippen LogP contribution in [0.2, 0.25) is 5.15 Å². The number of alkyl halides is 4. The van der Waals surface area contributed by atoms with Crippen molar-refractivity contribution in [2.24, 2.45) is 0 Å². The van der Waals surface area contributed by atoms with Gasteiger partial charge in [-0.1, -0.05) is 61.2 Å². The van der Waals surface area contributed by atoms with Crippen LogP contribution in [0.15, 0.2) is 72.2 Å². The zero-order valence-corrected chi connectivity index (χ0v) is 36.1. The molecule has 0 bridgehead atoms. The van der Waals surface area contributed by atoms with Gasteiger partial charge in [0.25, 0.3) is 0 Å². The minimum atomic E-state index is -3.68. The van der Waals surface area contributed by atoms with Gasteiger partial charge in [-0.25, -0.2) is 9.97 Å². The predicted octanol–water partition coefficient (Wildman–Crippen LogP) is 9.96. The van der Waals surface area contributed by atoms with E-state index in [0.29, 0.717) is 59.5 Å². The topological polar surface area (TPSA) is 161 Å². The van der Waals surface area contributed by atoms with E-state index in [-0.39, 0.29) is 34.8 Å². The summed E-state index contributed by atoms with van der Waals surface area (Å²) in [6.07, 6.45) is 7.23. The lowest BCUT2D eigenvalue weighted by Crippen LogP contribution is -2.28. The lowest BCUT2D eigenvalue weighted by Gasteiger charge is -2.23. The molecule has 12 nitrogen and oxygen atoms in total. The molecular weight excluding hydrogens is 859 g/mol. The Morgan fingerprint density at radius 2 is 1.17 bits per heavy atom. The number of fused-ring (bicyclic) bond motifs is 2. The smallest absolute Gasteiger partial charge is 0.423 e. The molecule has 3 fully saturated rings. The van der Waals surface area contributed by atoms with Crippen LogP contribution in [0.4, 0.5) is 29.2 Å². The summed E-state index contributed by atoms with van der Waals surface area (Å²) in [5, 5.41) is 23.3. The minimum absolute atomic E-state index is 0.0164. The Balaban J connectivity index is 0.000000148. The number of pyridine rings is 2. The van der Waals surface area contributed by atoms with Gasteiger partial charge in [0.05, 0.1) is 10.8 Å². The molecule has 0 radical (unpaired) electrons. The molecule has 0 saturated heterocycles. The van der Waals surface area contributed by atoms with Crippen LogP contribution in [0.25, 0.3) is 0 Å². The molecule has 0 atom stereocenters. The number of ether oxygens (including phenoxy) is 4. The summed E-state index contributed by atoms with van der Waals surface area (Å²) in [5.74, 6) is 0.742. The van der Waals surface area contributed by atoms with E-state index < -0.39 is 30.5 Å². The molecule has 2 amide bonds. The summed E-state index contributed by atoms with van der Waals surface area (Å²) in [6, 6.07) is 16.3. The fourth-order valence-corrected chi connectivity index (χ4v) is 8.74. The molecule has 4 N–H and O–H groups in total. The van der Waals surface area contributed by atoms with Crippen molar-refractivity contribution in [1.82, 2.24) is 9.97 Å². The summed E-state index contributed by atoms with van der Waals surface area (Å²) in [6.45, 7) is 3.87. The number of amides is 2. The van der Waals surface area contributed by atoms with Crippen LogP contribution in [-0.4, -0.2) is 51.5 Å². The van der Waals surface area contributed by atoms with E-state index in [4.69, 9.17) is 26.6 Å². The van der Waals surface area contributed by atoms with Crippen molar-refractivity contribution in [3.63, 3.8) is 0 Å². The molecule has 4 aromatic rings. The Kier molecular flexibility index (Phi) is 12.6. The number of hydrogen-bond acceptors (Lipinski definition) is 10. The van der Waals surface area contributed by atoms with E-state index in [2.05, 4.69) is 41.5 Å². The molecule has 3 saturated carbocycles. The van der Waals surface area contributed by atoms with Gasteiger partial charge >= 0.3 is 19.7 Å². The summed E-state index contributed by atoms with van der Waals surface area (Å²) in [4.78, 5) is 34.7. The summed E-state index contributed by atoms with van der Waals surface area (Å²) < 4.78 is 70.8. The minimum Gasteiger partial charge on any atom is -0.423 e. The quantitative estimate of drug-likeness (QED) is 0.0761. The Morgan fingerprint density at radius 1 is 0.672 bits per heavy atom. The number of benzene rings is 2. The van der Waals surface area contributed by atoms with Crippen molar-refractivity contribution < 1.29 is 56.1 Å². The normalized spacial score (nSPS) is 20.0. The van der Waals surface area contributed by atoms with Crippen LogP contribution in [0.1, 0.15) is 117 Å². The molecule has 338 valence electrons. The maximum Gasteiger partial charge on any atom is 0.586 e. The van der Waals surface area contributed by atoms with Crippen LogP contribution in [0, 0.1) is 13.8 Å². The number of hydrogen-bond donors (Lipinski definition) is 4. The molecule has 0 unspecified atom stereocenters. The van der Waals surface area contributed by atoms with Crippen molar-refractivity contribution in [2.45, 2.75) is 127 Å². The predicted molar refractivity (Wildman–Crippen MR) is 230 cm³/mol. The van der Waals surface area contributed by atoms with E-state index in [9.17, 15) is 27.2 Å². The number of carbonyl (C=O) groups excluding carboxylic acids is 2. The molecule has 10 rings (SSSR count). The maximum absolute atomic E-state index is 13.3. The van der Waals surface area contributed by atoms with E-state index >= 15 is 0 Å². The molecule has 2 aliphatic heterocycles. The zero-order valence-electron chi connectivity index (χ0n) is 35.3. The third kappa shape index (κ3) is 9.96. The van der Waals surface area contributed by atoms with Gasteiger partial charge < -0.3 is 39.6 Å². The molecular formula is C46H48BClF4N4O8. The van der Waals surface area contributed by atoms with Gasteiger partial charge in [-0.15, -0.1) is 17.6 Å². The first-order chi connectivity index (χ1) is 30.5. The molecule has 64 heavy (non-hydrogen) atoms. The van der Waals surface area contributed by atoms with Gasteiger partial charge in [0, 0.05) is 11.6 Å². The SMILES string of the molecule is Cc1ccc(NC(=O)C2(c3ccc4c(c3)OC(F)(F)O4)CC2)nc1C1CCCCC1.Cc1ccc(NC(=O)C2(c3ccc4c(c3)OC(F)(F)O4)CC2)nc1Cl.OB(O)C1=CCCCC1. The number of nitrogens with one attached hydrogen (secondary N) is 2. The Bertz CT molecular complexity index is 2460. The average Bonchev–Trinajstić information content (AvgIpc) is 4.20. The number of carbonyl (C=O) groups is 2. The Hall–Kier alpha value is -5.39. The second-order valence-corrected chi connectivity index (χ2v) is 17.5. The average molecular weight is 907 g/mol. The van der Waals surface area contributed by atoms with Crippen molar-refractivity contribution in [2.75, 3.05) is 10.6 Å². The lowest BCUT2D eigenvalue weighted by molar-refractivity contribution is -0.287. The molecule has 6 aliphatic rings. The molecule has 4 heterocycles. The zero-order chi connectivity index (χ0) is 45.4. The van der Waals surface area contributed by atoms with E-state index in [1.165, 1.54) is 49.9 Å². The first-order valence-corrected chi connectivity index (χ1v) is 21.9. The van der Waals surface area contributed by atoms with Gasteiger partial charge in [-0.3, -0.25) is 9.59 Å². The highest BCUT2D eigenvalue weighted by atomic mass is 35.5. The Morgan fingerprint density at radius 3 is 1.62 bits per heavy atom. The second-order valence-electron chi connectivity index (χ2n) is 17.2. The third-order valence-corrected chi connectivity index (χ3v) is 13.0. The molecule has 4 aliphatic carbocycles. The molecule has 18 heteroatoms. The maximum atomic E-state index is 13.3. The molecule has 2 aromatic carbocycles. The molecule has 0 spiro atoms. The fraction of sp³-hybridized carbons (Fsp3) is 0.435. The van der Waals surface area contributed by atoms with Gasteiger partial charge in [0.15, 0.2) is 23.0 Å². The van der Waals surface area contributed by atoms with Crippen molar-refractivity contribution >= 4 is 42.2 Å². The van der Waals surface area contributed by atoms with Gasteiger partial charge in [0.2, 0.25) is 11.8 Å². The van der Waals surface area contributed by atoms with E-state index in [1.807, 2.05) is 25.1 Å². The monoisotopic (exact) mass is 906 g/mol. The lowest BCUT2D eigenvalue weighted by atomic mass is 9.74. The van der Waals surface area contributed by atoms with Crippen molar-refractivity contribution in [3.05, 3.63) is 105 Å². The summed E-state index contributed by atoms with van der Waals surface area (Å²) in [7, 11) is -1.20. The van der Waals surface area contributed by atoms with Gasteiger partial charge in [-0.2, -0.15) is 0 Å². The van der Waals surface area contributed by atoms with Crippen LogP contribution in [-0.2, 0) is 20.4 Å². The number of allylic oxidation sites excluding steroid dienone is 2. The van der Waals surface area contributed by atoms with Crippen LogP contribution in [0.5, 0.6) is 23.0 Å². The standard InChI is InChI=1S/C23H24F2N2O3.C17H13ClF2N2O3.C6H11BO2/c1-14-7-10-19(26-20(14)15-5-3-2-4-6-15)27-21(28)22(11-12-22)16-8-9-17-18(13-16)30-23(24,25)29-17;1-9-2-5-13(21-14(9)18)22-15(23)16(6-7-16)10-3-4-11-12(8-10)25-17(19,20)24-11;8-7(9)6-4-2-1-3-5-6/h7-10,13,15H,2-6,11-12H2,1H3,(H,26,27,28);2-5,8H,6-7H2,1H3,(H,21,22,23);4,8-9H,1-3,5H2. The van der Waals surface area contributed by atoms with E-state index in [1.54, 1.807) is 24.3 Å². The summed E-state index contributed by atoms with van der Waals surface area (Å²) in [5.41, 5.74) is 3.55.